The molecule has 2 unspecified atom stereocenters. The summed E-state index contributed by atoms with van der Waals surface area (Å²) in [5.74, 6) is -0.391. The van der Waals surface area contributed by atoms with Crippen molar-refractivity contribution < 1.29 is 19.1 Å². The van der Waals surface area contributed by atoms with E-state index in [2.05, 4.69) is 13.8 Å². The standard InChI is InChI=1S/C37H72O4/c1-7-9-11-13-15-17-19-21-23-25-27-29-33(3)35(38)40-31-37(5,6)32-41-36(39)34(4)30-28-26-24-22-20-18-16-14-12-10-8-2/h33-34H,7-32H2,1-6H3. The average molecular weight is 581 g/mol. The molecule has 0 aliphatic carbocycles. The molecule has 0 aliphatic heterocycles. The Balaban J connectivity index is 3.81. The molecule has 244 valence electrons. The van der Waals surface area contributed by atoms with Crippen LogP contribution in [0, 0.1) is 17.3 Å². The van der Waals surface area contributed by atoms with Crippen molar-refractivity contribution in [2.24, 2.45) is 17.3 Å². The highest BCUT2D eigenvalue weighted by atomic mass is 16.5. The van der Waals surface area contributed by atoms with Gasteiger partial charge in [0.2, 0.25) is 0 Å². The molecule has 0 bridgehead atoms. The van der Waals surface area contributed by atoms with Crippen LogP contribution in [-0.2, 0) is 19.1 Å². The molecule has 0 amide bonds. The highest BCUT2D eigenvalue weighted by Crippen LogP contribution is 2.21. The van der Waals surface area contributed by atoms with Gasteiger partial charge in [-0.05, 0) is 12.8 Å². The Bertz CT molecular complexity index is 550. The Morgan fingerprint density at radius 2 is 0.707 bits per heavy atom. The third kappa shape index (κ3) is 26.3. The monoisotopic (exact) mass is 581 g/mol. The minimum atomic E-state index is -0.377. The van der Waals surface area contributed by atoms with Gasteiger partial charge in [-0.2, -0.15) is 0 Å². The van der Waals surface area contributed by atoms with E-state index in [0.29, 0.717) is 0 Å². The summed E-state index contributed by atoms with van der Waals surface area (Å²) in [6, 6.07) is 0. The third-order valence-corrected chi connectivity index (χ3v) is 8.50. The zero-order valence-corrected chi connectivity index (χ0v) is 28.7. The molecular formula is C37H72O4. The second-order valence-corrected chi connectivity index (χ2v) is 13.8. The van der Waals surface area contributed by atoms with E-state index in [1.54, 1.807) is 0 Å². The van der Waals surface area contributed by atoms with Crippen molar-refractivity contribution in [1.29, 1.82) is 0 Å². The first kappa shape index (κ1) is 39.9. The first-order chi connectivity index (χ1) is 19.7. The molecule has 0 rings (SSSR count). The number of ether oxygens (including phenoxy) is 2. The topological polar surface area (TPSA) is 52.6 Å². The number of rotatable bonds is 30. The lowest BCUT2D eigenvalue weighted by Gasteiger charge is -2.25. The normalized spacial score (nSPS) is 13.2. The maximum Gasteiger partial charge on any atom is 0.308 e. The summed E-state index contributed by atoms with van der Waals surface area (Å²) in [5, 5.41) is 0. The lowest BCUT2D eigenvalue weighted by atomic mass is 9.95. The van der Waals surface area contributed by atoms with E-state index >= 15 is 0 Å². The molecule has 4 nitrogen and oxygen atoms in total. The van der Waals surface area contributed by atoms with Gasteiger partial charge in [0.25, 0.3) is 0 Å². The van der Waals surface area contributed by atoms with Gasteiger partial charge in [-0.25, -0.2) is 0 Å². The summed E-state index contributed by atoms with van der Waals surface area (Å²) in [6.45, 7) is 13.0. The summed E-state index contributed by atoms with van der Waals surface area (Å²) < 4.78 is 11.3. The molecule has 0 spiro atoms. The summed E-state index contributed by atoms with van der Waals surface area (Å²) in [6.07, 6.45) is 30.7. The van der Waals surface area contributed by atoms with Gasteiger partial charge in [0, 0.05) is 5.41 Å². The van der Waals surface area contributed by atoms with E-state index in [1.807, 2.05) is 27.7 Å². The molecule has 0 aromatic carbocycles. The fourth-order valence-electron chi connectivity index (χ4n) is 5.32. The molecule has 0 aliphatic rings. The highest BCUT2D eigenvalue weighted by Gasteiger charge is 2.25. The Labute approximate surface area is 256 Å². The van der Waals surface area contributed by atoms with Gasteiger partial charge >= 0.3 is 11.9 Å². The summed E-state index contributed by atoms with van der Waals surface area (Å²) in [7, 11) is 0. The van der Waals surface area contributed by atoms with Crippen LogP contribution in [0.1, 0.15) is 196 Å². The Morgan fingerprint density at radius 3 is 0.976 bits per heavy atom. The number of carbonyl (C=O) groups excluding carboxylic acids is 2. The van der Waals surface area contributed by atoms with E-state index in [-0.39, 0.29) is 42.4 Å². The summed E-state index contributed by atoms with van der Waals surface area (Å²) in [4.78, 5) is 25.0. The van der Waals surface area contributed by atoms with E-state index < -0.39 is 0 Å². The van der Waals surface area contributed by atoms with Crippen LogP contribution in [0.5, 0.6) is 0 Å². The van der Waals surface area contributed by atoms with Gasteiger partial charge in [0.1, 0.15) is 0 Å². The lowest BCUT2D eigenvalue weighted by Crippen LogP contribution is -2.31. The average Bonchev–Trinajstić information content (AvgIpc) is 2.96. The van der Waals surface area contributed by atoms with E-state index in [0.717, 1.165) is 25.7 Å². The van der Waals surface area contributed by atoms with Crippen LogP contribution >= 0.6 is 0 Å². The molecule has 0 saturated carbocycles. The molecule has 0 fully saturated rings. The first-order valence-electron chi connectivity index (χ1n) is 18.1. The van der Waals surface area contributed by atoms with Crippen molar-refractivity contribution in [3.8, 4) is 0 Å². The highest BCUT2D eigenvalue weighted by molar-refractivity contribution is 5.72. The molecular weight excluding hydrogens is 508 g/mol. The Morgan fingerprint density at radius 1 is 0.463 bits per heavy atom. The van der Waals surface area contributed by atoms with Gasteiger partial charge < -0.3 is 9.47 Å². The SMILES string of the molecule is CCCCCCCCCCCCCC(C)C(=O)OCC(C)(C)COC(=O)C(C)CCCCCCCCCCCCC. The summed E-state index contributed by atoms with van der Waals surface area (Å²) in [5.41, 5.74) is -0.377. The number of unbranched alkanes of at least 4 members (excludes halogenated alkanes) is 20. The number of hydrogen-bond donors (Lipinski definition) is 0. The van der Waals surface area contributed by atoms with Gasteiger partial charge in [-0.3, -0.25) is 9.59 Å². The largest absolute Gasteiger partial charge is 0.465 e. The van der Waals surface area contributed by atoms with Crippen molar-refractivity contribution in [2.45, 2.75) is 196 Å². The van der Waals surface area contributed by atoms with Crippen molar-refractivity contribution in [2.75, 3.05) is 13.2 Å². The molecule has 2 atom stereocenters. The van der Waals surface area contributed by atoms with Crippen LogP contribution < -0.4 is 0 Å². The molecule has 0 N–H and O–H groups in total. The van der Waals surface area contributed by atoms with E-state index in [9.17, 15) is 9.59 Å². The van der Waals surface area contributed by atoms with Crippen LogP contribution in [0.15, 0.2) is 0 Å². The quantitative estimate of drug-likeness (QED) is 0.0626. The van der Waals surface area contributed by atoms with Crippen molar-refractivity contribution in [1.82, 2.24) is 0 Å². The van der Waals surface area contributed by atoms with Crippen LogP contribution in [0.25, 0.3) is 0 Å². The minimum absolute atomic E-state index is 0.0715. The maximum absolute atomic E-state index is 12.5. The second-order valence-electron chi connectivity index (χ2n) is 13.8. The zero-order chi connectivity index (χ0) is 30.6. The van der Waals surface area contributed by atoms with E-state index in [1.165, 1.54) is 128 Å². The molecule has 0 aromatic heterocycles. The Kier molecular flexibility index (Phi) is 27.0. The number of carbonyl (C=O) groups is 2. The van der Waals surface area contributed by atoms with Gasteiger partial charge in [-0.1, -0.05) is 183 Å². The molecule has 0 aromatic rings. The zero-order valence-electron chi connectivity index (χ0n) is 28.7. The summed E-state index contributed by atoms with van der Waals surface area (Å²) >= 11 is 0. The van der Waals surface area contributed by atoms with Crippen molar-refractivity contribution in [3.05, 3.63) is 0 Å². The Hall–Kier alpha value is -1.06. The van der Waals surface area contributed by atoms with Gasteiger partial charge in [0.05, 0.1) is 25.0 Å². The molecule has 0 saturated heterocycles. The van der Waals surface area contributed by atoms with Crippen LogP contribution in [-0.4, -0.2) is 25.2 Å². The molecule has 0 heterocycles. The number of esters is 2. The van der Waals surface area contributed by atoms with Crippen LogP contribution in [0.3, 0.4) is 0 Å². The molecule has 0 radical (unpaired) electrons. The maximum atomic E-state index is 12.5. The lowest BCUT2D eigenvalue weighted by molar-refractivity contribution is -0.157. The first-order valence-corrected chi connectivity index (χ1v) is 18.1. The fourth-order valence-corrected chi connectivity index (χ4v) is 5.32. The third-order valence-electron chi connectivity index (χ3n) is 8.50. The van der Waals surface area contributed by atoms with Crippen molar-refractivity contribution in [3.63, 3.8) is 0 Å². The fraction of sp³-hybridized carbons (Fsp3) is 0.946. The second kappa shape index (κ2) is 27.8. The van der Waals surface area contributed by atoms with Gasteiger partial charge in [0.15, 0.2) is 0 Å². The predicted molar refractivity (Wildman–Crippen MR) is 176 cm³/mol. The smallest absolute Gasteiger partial charge is 0.308 e. The van der Waals surface area contributed by atoms with Gasteiger partial charge in [-0.15, -0.1) is 0 Å². The molecule has 4 heteroatoms. The number of hydrogen-bond acceptors (Lipinski definition) is 4. The van der Waals surface area contributed by atoms with Crippen LogP contribution in [0.4, 0.5) is 0 Å². The van der Waals surface area contributed by atoms with E-state index in [4.69, 9.17) is 9.47 Å². The van der Waals surface area contributed by atoms with Crippen LogP contribution in [0.2, 0.25) is 0 Å². The molecule has 41 heavy (non-hydrogen) atoms. The minimum Gasteiger partial charge on any atom is -0.465 e. The predicted octanol–water partition coefficient (Wildman–Crippen LogP) is 11.8. The van der Waals surface area contributed by atoms with Crippen molar-refractivity contribution >= 4 is 11.9 Å².